The van der Waals surface area contributed by atoms with Crippen LogP contribution >= 0.6 is 0 Å². The van der Waals surface area contributed by atoms with Gasteiger partial charge < -0.3 is 20.4 Å². The monoisotopic (exact) mass is 1140 g/mol. The van der Waals surface area contributed by atoms with E-state index >= 15 is 0 Å². The van der Waals surface area contributed by atoms with E-state index in [1.807, 2.05) is 12.1 Å². The van der Waals surface area contributed by atoms with Crippen LogP contribution in [0.3, 0.4) is 0 Å². The van der Waals surface area contributed by atoms with E-state index < -0.39 is 0 Å². The molecule has 448 valence electrons. The normalized spacial score (nSPS) is 35.5. The maximum absolute atomic E-state index is 12.1. The Balaban J connectivity index is 0.000000186. The summed E-state index contributed by atoms with van der Waals surface area (Å²) in [7, 11) is 0. The van der Waals surface area contributed by atoms with Crippen LogP contribution < -0.4 is 20.4 Å². The molecule has 0 amide bonds. The predicted molar refractivity (Wildman–Crippen MR) is 324 cm³/mol. The van der Waals surface area contributed by atoms with Crippen molar-refractivity contribution in [2.75, 3.05) is 0 Å². The maximum Gasteiger partial charge on any atom is 0.152 e. The van der Waals surface area contributed by atoms with Gasteiger partial charge in [0.25, 0.3) is 0 Å². The summed E-state index contributed by atoms with van der Waals surface area (Å²) in [6.07, 6.45) is 35.2. The molecule has 10 rings (SSSR count). The van der Waals surface area contributed by atoms with Crippen LogP contribution in [0.25, 0.3) is 11.5 Å². The summed E-state index contributed by atoms with van der Waals surface area (Å²) in [5, 5.41) is 46.6. The smallest absolute Gasteiger partial charge is 0.152 e. The Morgan fingerprint density at radius 3 is 1.20 bits per heavy atom. The summed E-state index contributed by atoms with van der Waals surface area (Å²) in [5.41, 5.74) is 6.07. The van der Waals surface area contributed by atoms with Gasteiger partial charge in [-0.05, 0) is 220 Å². The fourth-order valence-electron chi connectivity index (χ4n) is 19.0. The van der Waals surface area contributed by atoms with Crippen LogP contribution in [0.2, 0.25) is 0 Å². The second-order valence-corrected chi connectivity index (χ2v) is 29.3. The van der Waals surface area contributed by atoms with Crippen molar-refractivity contribution < 1.29 is 51.7 Å². The van der Waals surface area contributed by atoms with Gasteiger partial charge in [0, 0.05) is 21.7 Å². The minimum absolute atomic E-state index is 0. The van der Waals surface area contributed by atoms with Crippen molar-refractivity contribution >= 4 is 23.1 Å². The van der Waals surface area contributed by atoms with Gasteiger partial charge in [-0.25, -0.2) is 0 Å². The van der Waals surface area contributed by atoms with E-state index in [9.17, 15) is 30.0 Å². The van der Waals surface area contributed by atoms with E-state index in [1.165, 1.54) is 117 Å². The van der Waals surface area contributed by atoms with Gasteiger partial charge in [-0.15, -0.1) is 12.2 Å². The Bertz CT molecular complexity index is 2290. The number of carbonyl (C=O) groups excluding carboxylic acids is 2. The van der Waals surface area contributed by atoms with Crippen molar-refractivity contribution in [3.63, 3.8) is 0 Å². The van der Waals surface area contributed by atoms with Crippen LogP contribution in [0.5, 0.6) is 0 Å². The Hall–Kier alpha value is -3.03. The number of rotatable bonds is 14. The van der Waals surface area contributed by atoms with Crippen molar-refractivity contribution in [3.05, 3.63) is 107 Å². The molecule has 2 aromatic carbocycles. The van der Waals surface area contributed by atoms with Gasteiger partial charge in [-0.1, -0.05) is 216 Å². The second-order valence-electron chi connectivity index (χ2n) is 29.3. The Labute approximate surface area is 508 Å². The van der Waals surface area contributed by atoms with Crippen molar-refractivity contribution in [2.45, 2.75) is 237 Å². The molecular formula is C74H108O6Ti-4. The molecule has 6 unspecified atom stereocenters. The van der Waals surface area contributed by atoms with Crippen molar-refractivity contribution in [1.29, 1.82) is 0 Å². The molecule has 8 aliphatic carbocycles. The number of ketones is 2. The predicted octanol–water partition coefficient (Wildman–Crippen LogP) is 15.5. The third kappa shape index (κ3) is 15.9. The number of hydrogen-bond donors (Lipinski definition) is 0. The number of benzene rings is 2. The zero-order valence-corrected chi connectivity index (χ0v) is 54.2. The van der Waals surface area contributed by atoms with E-state index in [4.69, 9.17) is 0 Å². The summed E-state index contributed by atoms with van der Waals surface area (Å²) >= 11 is 0. The summed E-state index contributed by atoms with van der Waals surface area (Å²) in [4.78, 5) is 21.1. The number of carbonyl (C=O) groups is 2. The van der Waals surface area contributed by atoms with Gasteiger partial charge in [-0.3, -0.25) is 9.59 Å². The number of hydrogen-bond acceptors (Lipinski definition) is 6. The molecule has 6 fully saturated rings. The van der Waals surface area contributed by atoms with Crippen LogP contribution in [0.4, 0.5) is 0 Å². The van der Waals surface area contributed by atoms with E-state index in [0.29, 0.717) is 32.8 Å². The molecule has 0 aliphatic heterocycles. The fourth-order valence-corrected chi connectivity index (χ4v) is 19.0. The maximum atomic E-state index is 12.1. The average Bonchev–Trinajstić information content (AvgIpc) is 4.21. The van der Waals surface area contributed by atoms with Crippen LogP contribution in [0, 0.1) is 92.7 Å². The number of allylic oxidation sites excluding steroid dienone is 4. The molecule has 0 heterocycles. The molecule has 8 aliphatic rings. The number of fused-ring (bicyclic) bond motifs is 10. The molecule has 6 saturated carbocycles. The van der Waals surface area contributed by atoms with Crippen molar-refractivity contribution in [2.24, 2.45) is 92.7 Å². The van der Waals surface area contributed by atoms with Gasteiger partial charge >= 0.3 is 0 Å². The average molecular weight is 1140 g/mol. The molecule has 0 spiro atoms. The van der Waals surface area contributed by atoms with Crippen LogP contribution in [0.1, 0.15) is 235 Å². The van der Waals surface area contributed by atoms with Gasteiger partial charge in [0.1, 0.15) is 0 Å². The molecule has 6 nitrogen and oxygen atoms in total. The van der Waals surface area contributed by atoms with Crippen LogP contribution in [-0.4, -0.2) is 23.8 Å². The molecule has 0 saturated heterocycles. The first-order valence-corrected chi connectivity index (χ1v) is 32.5. The first-order chi connectivity index (χ1) is 37.9. The van der Waals surface area contributed by atoms with Crippen LogP contribution in [0.15, 0.2) is 96.1 Å². The standard InChI is InChI=1S/2C27H45O.2C10H10O2.Ti/c2*1-18(2)7-6-8-19(3)23-11-12-24-22-10-9-20-17-21(28)13-15-26(20,4)25(22)14-16-27(23,24)5;2*1-8(11)7-10(12)9-5-3-2-4-6-9;/h2*9,18-19,21-25H,6-8,10-17H2,1-5H3;2*2-7,12H,1H3;/q2*-1;;;/p-2/b;;2*10-7-;/t2*19?,21-,22-,23+,24?,25?,26-,27+;;;/m00.../s1. The van der Waals surface area contributed by atoms with E-state index in [2.05, 4.69) is 81.4 Å². The Kier molecular flexibility index (Phi) is 24.3. The quantitative estimate of drug-likeness (QED) is 0.0802. The van der Waals surface area contributed by atoms with E-state index in [1.54, 1.807) is 59.7 Å². The summed E-state index contributed by atoms with van der Waals surface area (Å²) in [5.74, 6) is 9.84. The molecule has 0 N–H and O–H groups in total. The van der Waals surface area contributed by atoms with Gasteiger partial charge in [0.05, 0.1) is 0 Å². The minimum Gasteiger partial charge on any atom is -0.872 e. The molecule has 0 radical (unpaired) electrons. The minimum atomic E-state index is -0.327. The van der Waals surface area contributed by atoms with Crippen molar-refractivity contribution in [1.82, 2.24) is 0 Å². The summed E-state index contributed by atoms with van der Waals surface area (Å²) in [6, 6.07) is 17.4. The Morgan fingerprint density at radius 2 is 0.864 bits per heavy atom. The zero-order chi connectivity index (χ0) is 58.2. The molecule has 16 atom stereocenters. The molecule has 2 aromatic rings. The van der Waals surface area contributed by atoms with Gasteiger partial charge in [0.2, 0.25) is 0 Å². The Morgan fingerprint density at radius 1 is 0.506 bits per heavy atom. The van der Waals surface area contributed by atoms with Gasteiger partial charge in [-0.2, -0.15) is 0 Å². The first-order valence-electron chi connectivity index (χ1n) is 32.5. The van der Waals surface area contributed by atoms with E-state index in [-0.39, 0.29) is 57.0 Å². The molecule has 0 bridgehead atoms. The topological polar surface area (TPSA) is 126 Å². The fraction of sp³-hybridized carbons (Fsp3) is 0.703. The van der Waals surface area contributed by atoms with Crippen LogP contribution in [-0.2, 0) is 31.3 Å². The SMILES string of the molecule is CC(=O)/C=C(\[O-])c1ccccc1.CC(=O)/C=C(\[O-])c1ccccc1.CC(C)CCCC(C)[C@H]1CCC2[C@@H]3CC=C4C[C@@H]([O-])CC[C@]4(C)C3CC[C@@]21C.CC(C)CCCC(C)[C@H]1CCC2[C@@H]3CC=C4C[C@@H]([O-])CC[C@]4(C)C3CC[C@@]21C.[Ti]. The molecule has 0 aromatic heterocycles. The molecular weight excluding hydrogens is 1030 g/mol. The zero-order valence-electron chi connectivity index (χ0n) is 52.7. The third-order valence-corrected chi connectivity index (χ3v) is 23.3. The first kappa shape index (κ1) is 67.1. The van der Waals surface area contributed by atoms with Gasteiger partial charge in [0.15, 0.2) is 11.6 Å². The third-order valence-electron chi connectivity index (χ3n) is 23.3. The molecule has 7 heteroatoms. The molecule has 81 heavy (non-hydrogen) atoms. The van der Waals surface area contributed by atoms with E-state index in [0.717, 1.165) is 122 Å². The summed E-state index contributed by atoms with van der Waals surface area (Å²) in [6.45, 7) is 27.8. The largest absolute Gasteiger partial charge is 0.872 e. The van der Waals surface area contributed by atoms with Crippen molar-refractivity contribution in [3.8, 4) is 0 Å². The summed E-state index contributed by atoms with van der Waals surface area (Å²) < 4.78 is 0. The second kappa shape index (κ2) is 29.4.